The number of esters is 1. The number of nitrogens with two attached hydrogens (primary N) is 1. The first-order chi connectivity index (χ1) is 12.4. The van der Waals surface area contributed by atoms with Crippen molar-refractivity contribution in [3.8, 4) is 5.75 Å². The molecule has 0 bridgehead atoms. The number of rotatable bonds is 7. The molecule has 0 saturated heterocycles. The predicted octanol–water partition coefficient (Wildman–Crippen LogP) is 3.65. The van der Waals surface area contributed by atoms with Gasteiger partial charge in [0.2, 0.25) is 0 Å². The number of halogens is 2. The predicted molar refractivity (Wildman–Crippen MR) is 97.0 cm³/mol. The molecule has 1 amide bonds. The summed E-state index contributed by atoms with van der Waals surface area (Å²) in [6.45, 7) is 1.84. The van der Waals surface area contributed by atoms with Crippen molar-refractivity contribution >= 4 is 34.9 Å². The van der Waals surface area contributed by atoms with Gasteiger partial charge in [0.25, 0.3) is 5.91 Å². The van der Waals surface area contributed by atoms with E-state index in [9.17, 15) is 14.0 Å². The van der Waals surface area contributed by atoms with Crippen LogP contribution in [0.1, 0.15) is 23.7 Å². The van der Waals surface area contributed by atoms with Crippen LogP contribution >= 0.6 is 11.6 Å². The standard InChI is InChI=1S/C18H18ClFN2O4/c1-2-7-25-18(24)11-3-6-15(21)16(8-11)26-10-17(23)22-12-4-5-14(20)13(19)9-12/h3-6,8-9H,2,7,10,21H2,1H3,(H,22,23). The zero-order valence-electron chi connectivity index (χ0n) is 14.1. The second kappa shape index (κ2) is 9.05. The lowest BCUT2D eigenvalue weighted by Gasteiger charge is -2.11. The lowest BCUT2D eigenvalue weighted by atomic mass is 10.2. The van der Waals surface area contributed by atoms with Gasteiger partial charge in [-0.3, -0.25) is 4.79 Å². The quantitative estimate of drug-likeness (QED) is 0.565. The van der Waals surface area contributed by atoms with E-state index in [2.05, 4.69) is 5.32 Å². The maximum absolute atomic E-state index is 13.1. The molecule has 0 unspecified atom stereocenters. The molecule has 0 aliphatic rings. The van der Waals surface area contributed by atoms with E-state index in [1.54, 1.807) is 0 Å². The average Bonchev–Trinajstić information content (AvgIpc) is 2.62. The van der Waals surface area contributed by atoms with E-state index < -0.39 is 17.7 Å². The van der Waals surface area contributed by atoms with Crippen LogP contribution in [0.4, 0.5) is 15.8 Å². The van der Waals surface area contributed by atoms with Crippen LogP contribution < -0.4 is 15.8 Å². The Morgan fingerprint density at radius 3 is 2.69 bits per heavy atom. The molecule has 3 N–H and O–H groups in total. The van der Waals surface area contributed by atoms with Gasteiger partial charge in [0.05, 0.1) is 22.9 Å². The molecular weight excluding hydrogens is 363 g/mol. The molecule has 2 rings (SSSR count). The maximum atomic E-state index is 13.1. The van der Waals surface area contributed by atoms with Crippen LogP contribution in [0, 0.1) is 5.82 Å². The van der Waals surface area contributed by atoms with E-state index in [4.69, 9.17) is 26.8 Å². The van der Waals surface area contributed by atoms with Crippen molar-refractivity contribution < 1.29 is 23.5 Å². The van der Waals surface area contributed by atoms with E-state index in [0.717, 1.165) is 6.07 Å². The number of hydrogen-bond acceptors (Lipinski definition) is 5. The Bertz CT molecular complexity index is 814. The Morgan fingerprint density at radius 2 is 2.00 bits per heavy atom. The molecule has 0 aliphatic heterocycles. The molecule has 2 aromatic carbocycles. The molecule has 0 aromatic heterocycles. The molecule has 26 heavy (non-hydrogen) atoms. The lowest BCUT2D eigenvalue weighted by molar-refractivity contribution is -0.118. The maximum Gasteiger partial charge on any atom is 0.338 e. The van der Waals surface area contributed by atoms with E-state index >= 15 is 0 Å². The Kier molecular flexibility index (Phi) is 6.80. The van der Waals surface area contributed by atoms with Gasteiger partial charge in [0.1, 0.15) is 11.6 Å². The number of hydrogen-bond donors (Lipinski definition) is 2. The monoisotopic (exact) mass is 380 g/mol. The number of carbonyl (C=O) groups excluding carboxylic acids is 2. The fraction of sp³-hybridized carbons (Fsp3) is 0.222. The third-order valence-corrected chi connectivity index (χ3v) is 3.54. The summed E-state index contributed by atoms with van der Waals surface area (Å²) in [6, 6.07) is 8.22. The van der Waals surface area contributed by atoms with Gasteiger partial charge in [-0.2, -0.15) is 0 Å². The zero-order chi connectivity index (χ0) is 19.1. The summed E-state index contributed by atoms with van der Waals surface area (Å²) in [5.41, 5.74) is 6.67. The lowest BCUT2D eigenvalue weighted by Crippen LogP contribution is -2.20. The van der Waals surface area contributed by atoms with Gasteiger partial charge in [-0.25, -0.2) is 9.18 Å². The van der Waals surface area contributed by atoms with Crippen molar-refractivity contribution in [2.75, 3.05) is 24.3 Å². The molecule has 138 valence electrons. The topological polar surface area (TPSA) is 90.7 Å². The van der Waals surface area contributed by atoms with Crippen LogP contribution in [0.2, 0.25) is 5.02 Å². The van der Waals surface area contributed by atoms with Gasteiger partial charge in [-0.05, 0) is 42.8 Å². The normalized spacial score (nSPS) is 10.3. The molecule has 0 atom stereocenters. The first-order valence-electron chi connectivity index (χ1n) is 7.85. The first kappa shape index (κ1) is 19.5. The Hall–Kier alpha value is -2.80. The molecule has 0 heterocycles. The average molecular weight is 381 g/mol. The van der Waals surface area contributed by atoms with Gasteiger partial charge in [-0.15, -0.1) is 0 Å². The highest BCUT2D eigenvalue weighted by molar-refractivity contribution is 6.31. The highest BCUT2D eigenvalue weighted by Gasteiger charge is 2.12. The smallest absolute Gasteiger partial charge is 0.338 e. The molecule has 0 fully saturated rings. The van der Waals surface area contributed by atoms with Gasteiger partial charge >= 0.3 is 5.97 Å². The number of nitrogens with one attached hydrogen (secondary N) is 1. The summed E-state index contributed by atoms with van der Waals surface area (Å²) in [6.07, 6.45) is 0.706. The van der Waals surface area contributed by atoms with Gasteiger partial charge in [-0.1, -0.05) is 18.5 Å². The second-order valence-corrected chi connectivity index (χ2v) is 5.76. The number of amides is 1. The SMILES string of the molecule is CCCOC(=O)c1ccc(N)c(OCC(=O)Nc2ccc(F)c(Cl)c2)c1. The number of carbonyl (C=O) groups is 2. The van der Waals surface area contributed by atoms with Crippen LogP contribution in [0.25, 0.3) is 0 Å². The second-order valence-electron chi connectivity index (χ2n) is 5.35. The molecule has 2 aromatic rings. The highest BCUT2D eigenvalue weighted by atomic mass is 35.5. The molecule has 0 saturated carbocycles. The Labute approximate surface area is 155 Å². The van der Waals surface area contributed by atoms with Crippen LogP contribution in [-0.2, 0) is 9.53 Å². The Balaban J connectivity index is 1.98. The third-order valence-electron chi connectivity index (χ3n) is 3.25. The molecule has 0 radical (unpaired) electrons. The molecule has 6 nitrogen and oxygen atoms in total. The number of ether oxygens (including phenoxy) is 2. The fourth-order valence-corrected chi connectivity index (χ4v) is 2.16. The molecular formula is C18H18ClFN2O4. The van der Waals surface area contributed by atoms with E-state index in [0.29, 0.717) is 18.7 Å². The first-order valence-corrected chi connectivity index (χ1v) is 8.23. The van der Waals surface area contributed by atoms with Crippen molar-refractivity contribution in [1.29, 1.82) is 0 Å². The molecule has 8 heteroatoms. The van der Waals surface area contributed by atoms with Gasteiger partial charge < -0.3 is 20.5 Å². The van der Waals surface area contributed by atoms with Crippen LogP contribution in [0.3, 0.4) is 0 Å². The minimum Gasteiger partial charge on any atom is -0.482 e. The zero-order valence-corrected chi connectivity index (χ0v) is 14.8. The van der Waals surface area contributed by atoms with Gasteiger partial charge in [0.15, 0.2) is 6.61 Å². The third kappa shape index (κ3) is 5.35. The molecule has 0 aliphatic carbocycles. The number of benzene rings is 2. The van der Waals surface area contributed by atoms with Crippen LogP contribution in [0.5, 0.6) is 5.75 Å². The summed E-state index contributed by atoms with van der Waals surface area (Å²) in [4.78, 5) is 23.8. The van der Waals surface area contributed by atoms with E-state index in [-0.39, 0.29) is 28.6 Å². The highest BCUT2D eigenvalue weighted by Crippen LogP contribution is 2.24. The van der Waals surface area contributed by atoms with Crippen molar-refractivity contribution in [3.63, 3.8) is 0 Å². The largest absolute Gasteiger partial charge is 0.482 e. The van der Waals surface area contributed by atoms with Crippen LogP contribution in [0.15, 0.2) is 36.4 Å². The summed E-state index contributed by atoms with van der Waals surface area (Å²) < 4.78 is 23.5. The molecule has 0 spiro atoms. The fourth-order valence-electron chi connectivity index (χ4n) is 1.98. The van der Waals surface area contributed by atoms with Crippen LogP contribution in [-0.4, -0.2) is 25.1 Å². The summed E-state index contributed by atoms with van der Waals surface area (Å²) in [7, 11) is 0. The number of anilines is 2. The summed E-state index contributed by atoms with van der Waals surface area (Å²) in [5.74, 6) is -1.39. The Morgan fingerprint density at radius 1 is 1.23 bits per heavy atom. The van der Waals surface area contributed by atoms with Gasteiger partial charge in [0, 0.05) is 5.69 Å². The van der Waals surface area contributed by atoms with Crippen molar-refractivity contribution in [3.05, 3.63) is 52.8 Å². The minimum absolute atomic E-state index is 0.105. The summed E-state index contributed by atoms with van der Waals surface area (Å²) >= 11 is 5.66. The van der Waals surface area contributed by atoms with Crippen molar-refractivity contribution in [2.45, 2.75) is 13.3 Å². The number of nitrogen functional groups attached to an aromatic ring is 1. The summed E-state index contributed by atoms with van der Waals surface area (Å²) in [5, 5.41) is 2.41. The van der Waals surface area contributed by atoms with Crippen molar-refractivity contribution in [2.24, 2.45) is 0 Å². The van der Waals surface area contributed by atoms with E-state index in [1.165, 1.54) is 30.3 Å². The van der Waals surface area contributed by atoms with E-state index in [1.807, 2.05) is 6.92 Å². The van der Waals surface area contributed by atoms with Crippen molar-refractivity contribution in [1.82, 2.24) is 0 Å². The minimum atomic E-state index is -0.583.